The fraction of sp³-hybridized carbons (Fsp3) is 0.154. The summed E-state index contributed by atoms with van der Waals surface area (Å²) in [5.41, 5.74) is 2.74. The maximum Gasteiger partial charge on any atom is 0.203 e. The van der Waals surface area contributed by atoms with E-state index in [0.717, 1.165) is 15.6 Å². The van der Waals surface area contributed by atoms with Crippen molar-refractivity contribution < 1.29 is 4.79 Å². The van der Waals surface area contributed by atoms with Crippen LogP contribution in [0, 0.1) is 13.8 Å². The lowest BCUT2D eigenvalue weighted by molar-refractivity contribution is 0.104. The fourth-order valence-electron chi connectivity index (χ4n) is 1.45. The van der Waals surface area contributed by atoms with Crippen molar-refractivity contribution in [3.8, 4) is 0 Å². The van der Waals surface area contributed by atoms with Crippen molar-refractivity contribution in [3.63, 3.8) is 0 Å². The number of carbonyl (C=O) groups excluding carboxylic acids is 1. The highest BCUT2D eigenvalue weighted by Crippen LogP contribution is 2.29. The molecule has 88 valence electrons. The van der Waals surface area contributed by atoms with Crippen molar-refractivity contribution >= 4 is 44.7 Å². The summed E-state index contributed by atoms with van der Waals surface area (Å²) in [5, 5.41) is 0. The number of aryl methyl sites for hydroxylation is 2. The first-order valence-electron chi connectivity index (χ1n) is 5.06. The molecule has 4 heteroatoms. The van der Waals surface area contributed by atoms with Crippen LogP contribution in [0.3, 0.4) is 0 Å². The van der Waals surface area contributed by atoms with Crippen LogP contribution in [-0.2, 0) is 0 Å². The lowest BCUT2D eigenvalue weighted by Gasteiger charge is -2.01. The molecular formula is C13H10BrClOS. The van der Waals surface area contributed by atoms with Gasteiger partial charge in [-0.3, -0.25) is 4.79 Å². The number of rotatable bonds is 2. The Kier molecular flexibility index (Phi) is 3.71. The number of hydrogen-bond donors (Lipinski definition) is 0. The Morgan fingerprint density at radius 3 is 2.47 bits per heavy atom. The zero-order chi connectivity index (χ0) is 12.6. The largest absolute Gasteiger partial charge is 0.288 e. The monoisotopic (exact) mass is 328 g/mol. The number of halogens is 2. The van der Waals surface area contributed by atoms with E-state index in [-0.39, 0.29) is 5.78 Å². The van der Waals surface area contributed by atoms with E-state index in [2.05, 4.69) is 15.9 Å². The molecule has 2 aromatic rings. The van der Waals surface area contributed by atoms with Crippen LogP contribution in [0.4, 0.5) is 0 Å². The topological polar surface area (TPSA) is 17.1 Å². The average Bonchev–Trinajstić information content (AvgIpc) is 2.62. The van der Waals surface area contributed by atoms with Gasteiger partial charge in [0.05, 0.1) is 9.21 Å². The molecule has 0 aliphatic rings. The summed E-state index contributed by atoms with van der Waals surface area (Å²) in [4.78, 5) is 12.9. The highest BCUT2D eigenvalue weighted by molar-refractivity contribution is 9.10. The molecule has 1 nitrogen and oxygen atoms in total. The molecule has 0 N–H and O–H groups in total. The molecule has 0 aliphatic carbocycles. The molecule has 0 saturated carbocycles. The van der Waals surface area contributed by atoms with Crippen LogP contribution in [0.5, 0.6) is 0 Å². The molecular weight excluding hydrogens is 320 g/mol. The predicted molar refractivity (Wildman–Crippen MR) is 76.4 cm³/mol. The number of thiophene rings is 1. The first-order valence-corrected chi connectivity index (χ1v) is 7.04. The van der Waals surface area contributed by atoms with Crippen LogP contribution in [0.2, 0.25) is 4.34 Å². The Bertz CT molecular complexity index is 570. The van der Waals surface area contributed by atoms with Gasteiger partial charge in [-0.1, -0.05) is 39.7 Å². The zero-order valence-corrected chi connectivity index (χ0v) is 12.5. The lowest BCUT2D eigenvalue weighted by atomic mass is 10.1. The highest BCUT2D eigenvalue weighted by atomic mass is 79.9. The molecule has 0 fully saturated rings. The molecule has 2 rings (SSSR count). The summed E-state index contributed by atoms with van der Waals surface area (Å²) >= 11 is 10.7. The maximum absolute atomic E-state index is 12.2. The van der Waals surface area contributed by atoms with Gasteiger partial charge in [0.1, 0.15) is 0 Å². The Morgan fingerprint density at radius 1 is 1.24 bits per heavy atom. The molecule has 0 bridgehead atoms. The minimum absolute atomic E-state index is 0.0192. The molecule has 1 aromatic carbocycles. The van der Waals surface area contributed by atoms with E-state index in [1.54, 1.807) is 0 Å². The number of benzene rings is 1. The van der Waals surface area contributed by atoms with E-state index in [1.165, 1.54) is 11.3 Å². The summed E-state index contributed by atoms with van der Waals surface area (Å²) in [6, 6.07) is 7.45. The molecule has 1 heterocycles. The van der Waals surface area contributed by atoms with E-state index in [4.69, 9.17) is 11.6 Å². The second kappa shape index (κ2) is 4.92. The van der Waals surface area contributed by atoms with Crippen molar-refractivity contribution in [2.45, 2.75) is 13.8 Å². The van der Waals surface area contributed by atoms with Gasteiger partial charge in [-0.25, -0.2) is 0 Å². The second-order valence-electron chi connectivity index (χ2n) is 3.86. The normalized spacial score (nSPS) is 10.6. The third kappa shape index (κ3) is 2.62. The van der Waals surface area contributed by atoms with Crippen LogP contribution in [0.1, 0.15) is 26.4 Å². The third-order valence-electron chi connectivity index (χ3n) is 2.52. The van der Waals surface area contributed by atoms with Gasteiger partial charge >= 0.3 is 0 Å². The van der Waals surface area contributed by atoms with E-state index < -0.39 is 0 Å². The summed E-state index contributed by atoms with van der Waals surface area (Å²) in [6.45, 7) is 3.89. The standard InChI is InChI=1S/C13H10BrClOS/c1-7-3-4-9(6-10(7)14)12(16)11-5-8(2)13(15)17-11/h3-6H,1-2H3. The Hall–Kier alpha value is -0.640. The van der Waals surface area contributed by atoms with Crippen LogP contribution in [0.25, 0.3) is 0 Å². The molecule has 0 unspecified atom stereocenters. The first-order chi connectivity index (χ1) is 7.99. The smallest absolute Gasteiger partial charge is 0.203 e. The van der Waals surface area contributed by atoms with Crippen molar-refractivity contribution in [2.24, 2.45) is 0 Å². The highest BCUT2D eigenvalue weighted by Gasteiger charge is 2.14. The van der Waals surface area contributed by atoms with Gasteiger partial charge in [-0.2, -0.15) is 0 Å². The summed E-state index contributed by atoms with van der Waals surface area (Å²) < 4.78 is 1.63. The van der Waals surface area contributed by atoms with Crippen molar-refractivity contribution in [1.29, 1.82) is 0 Å². The van der Waals surface area contributed by atoms with Gasteiger partial charge in [0.2, 0.25) is 5.78 Å². The Morgan fingerprint density at radius 2 is 1.94 bits per heavy atom. The lowest BCUT2D eigenvalue weighted by Crippen LogP contribution is -1.98. The Balaban J connectivity index is 2.40. The molecule has 0 atom stereocenters. The van der Waals surface area contributed by atoms with E-state index in [0.29, 0.717) is 14.8 Å². The Labute approximate surface area is 118 Å². The van der Waals surface area contributed by atoms with E-state index >= 15 is 0 Å². The van der Waals surface area contributed by atoms with Crippen molar-refractivity contribution in [3.05, 3.63) is 54.6 Å². The van der Waals surface area contributed by atoms with E-state index in [1.807, 2.05) is 38.1 Å². The van der Waals surface area contributed by atoms with E-state index in [9.17, 15) is 4.79 Å². The van der Waals surface area contributed by atoms with Crippen molar-refractivity contribution in [1.82, 2.24) is 0 Å². The first kappa shape index (κ1) is 12.8. The average molecular weight is 330 g/mol. The number of carbonyl (C=O) groups is 1. The third-order valence-corrected chi connectivity index (χ3v) is 4.92. The zero-order valence-electron chi connectivity index (χ0n) is 9.38. The predicted octanol–water partition coefficient (Wildman–Crippen LogP) is 5.01. The van der Waals surface area contributed by atoms with Crippen LogP contribution >= 0.6 is 38.9 Å². The van der Waals surface area contributed by atoms with Gasteiger partial charge in [-0.05, 0) is 37.1 Å². The van der Waals surface area contributed by atoms with Crippen LogP contribution in [0.15, 0.2) is 28.7 Å². The van der Waals surface area contributed by atoms with Gasteiger partial charge in [0.15, 0.2) is 0 Å². The quantitative estimate of drug-likeness (QED) is 0.708. The number of ketones is 1. The van der Waals surface area contributed by atoms with Crippen LogP contribution in [-0.4, -0.2) is 5.78 Å². The summed E-state index contributed by atoms with van der Waals surface area (Å²) in [5.74, 6) is 0.0192. The minimum Gasteiger partial charge on any atom is -0.288 e. The fourth-order valence-corrected chi connectivity index (χ4v) is 2.99. The molecule has 0 amide bonds. The second-order valence-corrected chi connectivity index (χ2v) is 6.37. The van der Waals surface area contributed by atoms with Gasteiger partial charge < -0.3 is 0 Å². The molecule has 0 spiro atoms. The van der Waals surface area contributed by atoms with Crippen LogP contribution < -0.4 is 0 Å². The maximum atomic E-state index is 12.2. The van der Waals surface area contributed by atoms with Gasteiger partial charge in [0.25, 0.3) is 0 Å². The summed E-state index contributed by atoms with van der Waals surface area (Å²) in [6.07, 6.45) is 0. The molecule has 0 aliphatic heterocycles. The van der Waals surface area contributed by atoms with Crippen molar-refractivity contribution in [2.75, 3.05) is 0 Å². The molecule has 0 radical (unpaired) electrons. The minimum atomic E-state index is 0.0192. The van der Waals surface area contributed by atoms with Gasteiger partial charge in [-0.15, -0.1) is 11.3 Å². The molecule has 0 saturated heterocycles. The van der Waals surface area contributed by atoms with Gasteiger partial charge in [0, 0.05) is 10.0 Å². The molecule has 1 aromatic heterocycles. The summed E-state index contributed by atoms with van der Waals surface area (Å²) in [7, 11) is 0. The molecule has 17 heavy (non-hydrogen) atoms. The number of hydrogen-bond acceptors (Lipinski definition) is 2. The SMILES string of the molecule is Cc1ccc(C(=O)c2cc(C)c(Cl)s2)cc1Br.